The van der Waals surface area contributed by atoms with Crippen LogP contribution in [0, 0.1) is 0 Å². The zero-order valence-electron chi connectivity index (χ0n) is 43.3. The van der Waals surface area contributed by atoms with E-state index in [2.05, 4.69) is 286 Å². The van der Waals surface area contributed by atoms with Crippen molar-refractivity contribution in [3.05, 3.63) is 279 Å². The van der Waals surface area contributed by atoms with Crippen LogP contribution in [-0.2, 0) is 21.7 Å². The molecule has 0 amide bonds. The first-order chi connectivity index (χ1) is 34.1. The van der Waals surface area contributed by atoms with E-state index >= 15 is 0 Å². The third-order valence-electron chi connectivity index (χ3n) is 15.9. The van der Waals surface area contributed by atoms with Crippen molar-refractivity contribution in [3.63, 3.8) is 0 Å². The molecular weight excluding hydrogens is 855 g/mol. The predicted molar refractivity (Wildman–Crippen MR) is 301 cm³/mol. The van der Waals surface area contributed by atoms with Crippen LogP contribution >= 0.6 is 0 Å². The summed E-state index contributed by atoms with van der Waals surface area (Å²) in [6.07, 6.45) is 0. The second kappa shape index (κ2) is 17.3. The molecule has 0 N–H and O–H groups in total. The highest BCUT2D eigenvalue weighted by Gasteiger charge is 2.48. The van der Waals surface area contributed by atoms with Gasteiger partial charge in [-0.05, 0) is 148 Å². The van der Waals surface area contributed by atoms with E-state index < -0.39 is 10.8 Å². The number of benzene rings is 9. The number of nitrogens with zero attached hydrogens (tertiary/aromatic N) is 1. The molecule has 1 heteroatoms. The van der Waals surface area contributed by atoms with Crippen LogP contribution in [-0.4, -0.2) is 0 Å². The van der Waals surface area contributed by atoms with Crippen molar-refractivity contribution in [1.82, 2.24) is 0 Å². The van der Waals surface area contributed by atoms with Gasteiger partial charge >= 0.3 is 0 Å². The van der Waals surface area contributed by atoms with Crippen LogP contribution in [0.1, 0.15) is 148 Å². The number of hydrogen-bond acceptors (Lipinski definition) is 1. The first-order valence-corrected chi connectivity index (χ1v) is 25.9. The molecule has 71 heavy (non-hydrogen) atoms. The van der Waals surface area contributed by atoms with Gasteiger partial charge in [0, 0.05) is 17.1 Å². The molecule has 0 bridgehead atoms. The first-order valence-electron chi connectivity index (χ1n) is 25.9. The molecule has 0 aliphatic heterocycles. The van der Waals surface area contributed by atoms with Gasteiger partial charge in [-0.1, -0.05) is 245 Å². The lowest BCUT2D eigenvalue weighted by Gasteiger charge is -2.36. The normalized spacial score (nSPS) is 15.6. The van der Waals surface area contributed by atoms with Crippen LogP contribution in [0.5, 0.6) is 0 Å². The SMILES string of the molecule is CC(C)c1cc(C(C)C)cc(C2(c3ccccc3)c3ccccc3-c3ccc(N(c4ccccc4)c4ccc5c(c4)C(c4ccc(C(C)(C)C)cc4)(c4ccc(C(C)(C)C)cc4)c4ccccc4-5)cc32)c1. The van der Waals surface area contributed by atoms with Gasteiger partial charge in [-0.2, -0.15) is 0 Å². The standard InChI is InChI=1S/C70H67N/c1-46(2)48-41-49(47(3)4)43-55(42-48)70(52-21-13-11-14-22-52)64-28-20-18-26-60(64)62-40-38-58(45-66(62)70)71(56-23-15-12-16-24-56)57-37-39-61-59-25-17-19-27-63(59)69(65(61)44-57,53-33-29-50(30-34-53)67(5,6)7)54-35-31-51(32-36-54)68(8,9)10/h11-47H,1-10H3. The second-order valence-corrected chi connectivity index (χ2v) is 22.9. The van der Waals surface area contributed by atoms with Crippen molar-refractivity contribution in [3.8, 4) is 22.3 Å². The van der Waals surface area contributed by atoms with Gasteiger partial charge < -0.3 is 4.90 Å². The Morgan fingerprint density at radius 1 is 0.310 bits per heavy atom. The zero-order valence-corrected chi connectivity index (χ0v) is 43.3. The molecule has 0 radical (unpaired) electrons. The Morgan fingerprint density at radius 2 is 0.676 bits per heavy atom. The van der Waals surface area contributed by atoms with Gasteiger partial charge in [0.15, 0.2) is 0 Å². The van der Waals surface area contributed by atoms with E-state index in [1.165, 1.54) is 89.0 Å². The van der Waals surface area contributed by atoms with E-state index in [-0.39, 0.29) is 10.8 Å². The summed E-state index contributed by atoms with van der Waals surface area (Å²) < 4.78 is 0. The van der Waals surface area contributed by atoms with Crippen LogP contribution in [0.15, 0.2) is 212 Å². The van der Waals surface area contributed by atoms with Gasteiger partial charge in [0.05, 0.1) is 10.8 Å². The molecule has 1 atom stereocenters. The quantitative estimate of drug-likeness (QED) is 0.139. The van der Waals surface area contributed by atoms with Crippen molar-refractivity contribution >= 4 is 17.1 Å². The molecular formula is C70H67N. The summed E-state index contributed by atoms with van der Waals surface area (Å²) >= 11 is 0. The van der Waals surface area contributed by atoms with Gasteiger partial charge in [0.25, 0.3) is 0 Å². The maximum absolute atomic E-state index is 2.53. The van der Waals surface area contributed by atoms with Gasteiger partial charge in [0.2, 0.25) is 0 Å². The van der Waals surface area contributed by atoms with Crippen LogP contribution < -0.4 is 4.90 Å². The van der Waals surface area contributed by atoms with E-state index in [4.69, 9.17) is 0 Å². The summed E-state index contributed by atoms with van der Waals surface area (Å²) in [5.41, 5.74) is 23.2. The molecule has 352 valence electrons. The van der Waals surface area contributed by atoms with Gasteiger partial charge in [-0.3, -0.25) is 0 Å². The minimum absolute atomic E-state index is 0.0260. The molecule has 0 heterocycles. The topological polar surface area (TPSA) is 3.24 Å². The van der Waals surface area contributed by atoms with Crippen molar-refractivity contribution < 1.29 is 0 Å². The molecule has 0 aromatic heterocycles. The lowest BCUT2D eigenvalue weighted by atomic mass is 9.66. The van der Waals surface area contributed by atoms with E-state index in [1.807, 2.05) is 0 Å². The van der Waals surface area contributed by atoms with E-state index in [1.54, 1.807) is 0 Å². The first kappa shape index (κ1) is 46.2. The predicted octanol–water partition coefficient (Wildman–Crippen LogP) is 18.7. The molecule has 2 aliphatic carbocycles. The van der Waals surface area contributed by atoms with Gasteiger partial charge in [-0.15, -0.1) is 0 Å². The zero-order chi connectivity index (χ0) is 49.5. The molecule has 0 fully saturated rings. The molecule has 9 aromatic rings. The van der Waals surface area contributed by atoms with E-state index in [0.29, 0.717) is 11.8 Å². The number of rotatable bonds is 9. The molecule has 9 aromatic carbocycles. The number of fused-ring (bicyclic) bond motifs is 6. The third-order valence-corrected chi connectivity index (χ3v) is 15.9. The van der Waals surface area contributed by atoms with E-state index in [9.17, 15) is 0 Å². The highest BCUT2D eigenvalue weighted by Crippen LogP contribution is 2.60. The minimum atomic E-state index is -0.575. The summed E-state index contributed by atoms with van der Waals surface area (Å²) in [4.78, 5) is 2.50. The fourth-order valence-electron chi connectivity index (χ4n) is 12.1. The maximum atomic E-state index is 2.53. The van der Waals surface area contributed by atoms with Crippen LogP contribution in [0.2, 0.25) is 0 Å². The smallest absolute Gasteiger partial charge is 0.0714 e. The fraction of sp³-hybridized carbons (Fsp3) is 0.229. The molecule has 1 nitrogen and oxygen atoms in total. The lowest BCUT2D eigenvalue weighted by Crippen LogP contribution is -2.29. The van der Waals surface area contributed by atoms with Crippen molar-refractivity contribution in [2.24, 2.45) is 0 Å². The summed E-state index contributed by atoms with van der Waals surface area (Å²) in [5.74, 6) is 0.754. The monoisotopic (exact) mass is 922 g/mol. The summed E-state index contributed by atoms with van der Waals surface area (Å²) in [6, 6.07) is 81.7. The summed E-state index contributed by atoms with van der Waals surface area (Å²) in [7, 11) is 0. The van der Waals surface area contributed by atoms with Crippen LogP contribution in [0.4, 0.5) is 17.1 Å². The Labute approximate surface area is 423 Å². The Kier molecular flexibility index (Phi) is 11.2. The van der Waals surface area contributed by atoms with Crippen LogP contribution in [0.3, 0.4) is 0 Å². The Hall–Kier alpha value is -7.22. The number of hydrogen-bond donors (Lipinski definition) is 0. The van der Waals surface area contributed by atoms with Gasteiger partial charge in [0.1, 0.15) is 0 Å². The average Bonchev–Trinajstić information content (AvgIpc) is 3.84. The molecule has 11 rings (SSSR count). The Morgan fingerprint density at radius 3 is 1.10 bits per heavy atom. The molecule has 0 spiro atoms. The maximum Gasteiger partial charge on any atom is 0.0714 e. The molecule has 0 saturated carbocycles. The van der Waals surface area contributed by atoms with Crippen LogP contribution in [0.25, 0.3) is 22.3 Å². The van der Waals surface area contributed by atoms with Gasteiger partial charge in [-0.25, -0.2) is 0 Å². The fourth-order valence-corrected chi connectivity index (χ4v) is 12.1. The molecule has 2 aliphatic rings. The Bertz CT molecular complexity index is 3330. The number of anilines is 3. The highest BCUT2D eigenvalue weighted by atomic mass is 15.1. The Balaban J connectivity index is 1.19. The number of para-hydroxylation sites is 1. The highest BCUT2D eigenvalue weighted by molar-refractivity contribution is 5.92. The van der Waals surface area contributed by atoms with Crippen molar-refractivity contribution in [2.45, 2.75) is 103 Å². The summed E-state index contributed by atoms with van der Waals surface area (Å²) in [5, 5.41) is 0. The van der Waals surface area contributed by atoms with E-state index in [0.717, 1.165) is 17.1 Å². The lowest BCUT2D eigenvalue weighted by molar-refractivity contribution is 0.588. The largest absolute Gasteiger partial charge is 0.310 e. The van der Waals surface area contributed by atoms with Crippen molar-refractivity contribution in [2.75, 3.05) is 4.90 Å². The van der Waals surface area contributed by atoms with Crippen molar-refractivity contribution in [1.29, 1.82) is 0 Å². The second-order valence-electron chi connectivity index (χ2n) is 22.9. The molecule has 1 unspecified atom stereocenters. The average molecular weight is 922 g/mol. The summed E-state index contributed by atoms with van der Waals surface area (Å²) in [6.45, 7) is 23.2. The minimum Gasteiger partial charge on any atom is -0.310 e. The third kappa shape index (κ3) is 7.42. The molecule has 0 saturated heterocycles.